The third kappa shape index (κ3) is 3.62. The molecule has 0 aromatic carbocycles. The Morgan fingerprint density at radius 1 is 1.21 bits per heavy atom. The summed E-state index contributed by atoms with van der Waals surface area (Å²) in [6.07, 6.45) is 2.76. The van der Waals surface area contributed by atoms with Crippen molar-refractivity contribution in [2.75, 3.05) is 19.7 Å². The first-order valence-corrected chi connectivity index (χ1v) is 7.23. The second kappa shape index (κ2) is 4.65. The molecule has 2 heterocycles. The average Bonchev–Trinajstić information content (AvgIpc) is 2.53. The number of carbonyl (C=O) groups excluding carboxylic acids is 1. The summed E-state index contributed by atoms with van der Waals surface area (Å²) < 4.78 is 11.5. The van der Waals surface area contributed by atoms with Crippen LogP contribution < -0.4 is 0 Å². The number of rotatable bonds is 0. The molecule has 0 aromatic heterocycles. The lowest BCUT2D eigenvalue weighted by molar-refractivity contribution is -0.0490. The third-order valence-electron chi connectivity index (χ3n) is 3.90. The molecule has 0 N–H and O–H groups in total. The summed E-state index contributed by atoms with van der Waals surface area (Å²) in [6.45, 7) is 12.5. The molecule has 0 atom stereocenters. The van der Waals surface area contributed by atoms with Crippen molar-refractivity contribution in [3.05, 3.63) is 0 Å². The van der Waals surface area contributed by atoms with Crippen LogP contribution in [0.25, 0.3) is 0 Å². The molecule has 1 amide bonds. The van der Waals surface area contributed by atoms with Gasteiger partial charge in [-0.1, -0.05) is 13.8 Å². The van der Waals surface area contributed by atoms with Crippen molar-refractivity contribution in [2.24, 2.45) is 5.41 Å². The predicted molar refractivity (Wildman–Crippen MR) is 74.1 cm³/mol. The van der Waals surface area contributed by atoms with E-state index in [2.05, 4.69) is 13.8 Å². The maximum absolute atomic E-state index is 12.0. The molecule has 2 aliphatic heterocycles. The predicted octanol–water partition coefficient (Wildman–Crippen LogP) is 3.20. The van der Waals surface area contributed by atoms with Crippen LogP contribution in [0, 0.1) is 5.41 Å². The van der Waals surface area contributed by atoms with Gasteiger partial charge in [-0.3, -0.25) is 0 Å². The lowest BCUT2D eigenvalue weighted by atomic mass is 9.79. The highest BCUT2D eigenvalue weighted by atomic mass is 16.6. The number of nitrogens with zero attached hydrogens (tertiary/aromatic N) is 1. The Labute approximate surface area is 116 Å². The first-order chi connectivity index (χ1) is 8.61. The highest BCUT2D eigenvalue weighted by Crippen LogP contribution is 2.44. The molecule has 0 aliphatic carbocycles. The van der Waals surface area contributed by atoms with Gasteiger partial charge in [0, 0.05) is 13.1 Å². The van der Waals surface area contributed by atoms with Crippen LogP contribution in [-0.2, 0) is 9.47 Å². The Morgan fingerprint density at radius 3 is 2.21 bits per heavy atom. The van der Waals surface area contributed by atoms with E-state index >= 15 is 0 Å². The number of carbonyl (C=O) groups is 1. The first kappa shape index (κ1) is 14.6. The largest absolute Gasteiger partial charge is 0.444 e. The second-order valence-electron chi connectivity index (χ2n) is 7.78. The minimum atomic E-state index is -0.419. The molecule has 0 radical (unpaired) electrons. The lowest BCUT2D eigenvalue weighted by Gasteiger charge is -2.39. The fourth-order valence-corrected chi connectivity index (χ4v) is 3.07. The quantitative estimate of drug-likeness (QED) is 0.678. The van der Waals surface area contributed by atoms with Crippen LogP contribution in [0.2, 0.25) is 0 Å². The first-order valence-electron chi connectivity index (χ1n) is 7.23. The minimum Gasteiger partial charge on any atom is -0.444 e. The number of amides is 1. The van der Waals surface area contributed by atoms with Gasteiger partial charge in [0.15, 0.2) is 0 Å². The number of hydrogen-bond acceptors (Lipinski definition) is 3. The van der Waals surface area contributed by atoms with Gasteiger partial charge in [0.25, 0.3) is 0 Å². The highest BCUT2D eigenvalue weighted by molar-refractivity contribution is 5.68. The number of likely N-dealkylation sites (tertiary alicyclic amines) is 1. The van der Waals surface area contributed by atoms with Crippen molar-refractivity contribution in [1.29, 1.82) is 0 Å². The molecule has 110 valence electrons. The van der Waals surface area contributed by atoms with E-state index in [-0.39, 0.29) is 17.1 Å². The number of ether oxygens (including phenoxy) is 2. The van der Waals surface area contributed by atoms with Crippen LogP contribution in [0.1, 0.15) is 53.9 Å². The second-order valence-corrected chi connectivity index (χ2v) is 7.78. The summed E-state index contributed by atoms with van der Waals surface area (Å²) in [6, 6.07) is 0. The van der Waals surface area contributed by atoms with Crippen LogP contribution >= 0.6 is 0 Å². The van der Waals surface area contributed by atoms with Crippen LogP contribution in [0.4, 0.5) is 4.79 Å². The Balaban J connectivity index is 1.88. The van der Waals surface area contributed by atoms with Crippen molar-refractivity contribution in [1.82, 2.24) is 4.90 Å². The summed E-state index contributed by atoms with van der Waals surface area (Å²) >= 11 is 0. The van der Waals surface area contributed by atoms with Crippen LogP contribution in [0.3, 0.4) is 0 Å². The lowest BCUT2D eigenvalue weighted by Crippen LogP contribution is -2.48. The molecular weight excluding hydrogens is 242 g/mol. The summed E-state index contributed by atoms with van der Waals surface area (Å²) in [7, 11) is 0. The Hall–Kier alpha value is -0.770. The maximum Gasteiger partial charge on any atom is 0.410 e. The summed E-state index contributed by atoms with van der Waals surface area (Å²) in [5.41, 5.74) is -0.145. The van der Waals surface area contributed by atoms with Gasteiger partial charge in [-0.25, -0.2) is 4.79 Å². The van der Waals surface area contributed by atoms with Crippen molar-refractivity contribution in [3.63, 3.8) is 0 Å². The van der Waals surface area contributed by atoms with Gasteiger partial charge in [-0.2, -0.15) is 0 Å². The SMILES string of the molecule is CC1(C)COC2(CCN(C(=O)OC(C)(C)C)CC2)C1. The fraction of sp³-hybridized carbons (Fsp3) is 0.933. The fourth-order valence-electron chi connectivity index (χ4n) is 3.07. The van der Waals surface area contributed by atoms with E-state index in [1.807, 2.05) is 25.7 Å². The van der Waals surface area contributed by atoms with Crippen molar-refractivity contribution in [2.45, 2.75) is 65.1 Å². The van der Waals surface area contributed by atoms with Gasteiger partial charge in [0.05, 0.1) is 12.2 Å². The zero-order valence-electron chi connectivity index (χ0n) is 12.9. The van der Waals surface area contributed by atoms with Crippen molar-refractivity contribution in [3.8, 4) is 0 Å². The summed E-state index contributed by atoms with van der Waals surface area (Å²) in [5.74, 6) is 0. The third-order valence-corrected chi connectivity index (χ3v) is 3.90. The van der Waals surface area contributed by atoms with E-state index in [0.29, 0.717) is 0 Å². The van der Waals surface area contributed by atoms with E-state index in [1.54, 1.807) is 0 Å². The molecule has 4 heteroatoms. The minimum absolute atomic E-state index is 0.00200. The van der Waals surface area contributed by atoms with Crippen LogP contribution in [0.15, 0.2) is 0 Å². The van der Waals surface area contributed by atoms with E-state index in [4.69, 9.17) is 9.47 Å². The monoisotopic (exact) mass is 269 g/mol. The molecule has 2 rings (SSSR count). The molecule has 19 heavy (non-hydrogen) atoms. The van der Waals surface area contributed by atoms with Crippen molar-refractivity contribution >= 4 is 6.09 Å². The van der Waals surface area contributed by atoms with Gasteiger partial charge in [0.2, 0.25) is 0 Å². The molecular formula is C15H27NO3. The van der Waals surface area contributed by atoms with Gasteiger partial charge in [-0.15, -0.1) is 0 Å². The summed E-state index contributed by atoms with van der Waals surface area (Å²) in [4.78, 5) is 13.8. The average molecular weight is 269 g/mol. The van der Waals surface area contributed by atoms with Gasteiger partial charge in [-0.05, 0) is 45.4 Å². The maximum atomic E-state index is 12.0. The standard InChI is InChI=1S/C15H27NO3/c1-13(2,3)19-12(17)16-8-6-15(7-9-16)10-14(4,5)11-18-15/h6-11H2,1-5H3. The van der Waals surface area contributed by atoms with E-state index < -0.39 is 5.60 Å². The molecule has 2 aliphatic rings. The molecule has 4 nitrogen and oxygen atoms in total. The molecule has 0 aromatic rings. The van der Waals surface area contributed by atoms with E-state index in [1.165, 1.54) is 0 Å². The normalized spacial score (nSPS) is 25.6. The van der Waals surface area contributed by atoms with Crippen molar-refractivity contribution < 1.29 is 14.3 Å². The molecule has 0 bridgehead atoms. The summed E-state index contributed by atoms with van der Waals surface area (Å²) in [5, 5.41) is 0. The van der Waals surface area contributed by atoms with Gasteiger partial charge >= 0.3 is 6.09 Å². The topological polar surface area (TPSA) is 38.8 Å². The Bertz CT molecular complexity index is 349. The molecule has 2 fully saturated rings. The zero-order valence-corrected chi connectivity index (χ0v) is 12.9. The van der Waals surface area contributed by atoms with E-state index in [9.17, 15) is 4.79 Å². The molecule has 0 unspecified atom stereocenters. The number of piperidine rings is 1. The highest BCUT2D eigenvalue weighted by Gasteiger charge is 2.46. The van der Waals surface area contributed by atoms with Crippen LogP contribution in [-0.4, -0.2) is 41.9 Å². The zero-order chi connectivity index (χ0) is 14.3. The van der Waals surface area contributed by atoms with Crippen LogP contribution in [0.5, 0.6) is 0 Å². The Kier molecular flexibility index (Phi) is 3.58. The molecule has 2 saturated heterocycles. The van der Waals surface area contributed by atoms with Gasteiger partial charge in [0.1, 0.15) is 5.60 Å². The number of hydrogen-bond donors (Lipinski definition) is 0. The van der Waals surface area contributed by atoms with Gasteiger partial charge < -0.3 is 14.4 Å². The van der Waals surface area contributed by atoms with E-state index in [0.717, 1.165) is 39.0 Å². The smallest absolute Gasteiger partial charge is 0.410 e. The molecule has 1 spiro atoms. The Morgan fingerprint density at radius 2 is 1.79 bits per heavy atom. The molecule has 0 saturated carbocycles.